The molecule has 1 aromatic carbocycles. The molecule has 0 saturated carbocycles. The van der Waals surface area contributed by atoms with Crippen LogP contribution in [0.1, 0.15) is 0 Å². The lowest BCUT2D eigenvalue weighted by Gasteiger charge is -2.03. The molecule has 122 valence electrons. The zero-order valence-electron chi connectivity index (χ0n) is 13.1. The summed E-state index contributed by atoms with van der Waals surface area (Å²) in [6.07, 6.45) is 0. The molecule has 0 N–H and O–H groups in total. The highest BCUT2D eigenvalue weighted by atomic mass is 32.1. The lowest BCUT2D eigenvalue weighted by Crippen LogP contribution is -2.37. The van der Waals surface area contributed by atoms with Gasteiger partial charge in [-0.3, -0.25) is 18.7 Å². The maximum Gasteiger partial charge on any atom is 0.332 e. The van der Waals surface area contributed by atoms with Gasteiger partial charge in [0.05, 0.1) is 12.5 Å². The van der Waals surface area contributed by atoms with E-state index >= 15 is 0 Å². The molecule has 9 heteroatoms. The number of methoxy groups -OCH3 is 1. The van der Waals surface area contributed by atoms with Gasteiger partial charge in [0.2, 0.25) is 0 Å². The highest BCUT2D eigenvalue weighted by Gasteiger charge is 2.18. The molecule has 8 nitrogen and oxygen atoms in total. The topological polar surface area (TPSA) is 87.6 Å². The first-order valence-electron chi connectivity index (χ1n) is 7.03. The van der Waals surface area contributed by atoms with Crippen molar-refractivity contribution in [3.05, 3.63) is 49.4 Å². The first kappa shape index (κ1) is 14.6. The Morgan fingerprint density at radius 3 is 2.54 bits per heavy atom. The summed E-state index contributed by atoms with van der Waals surface area (Å²) >= 11 is 1.27. The van der Waals surface area contributed by atoms with E-state index in [9.17, 15) is 14.4 Å². The fourth-order valence-electron chi connectivity index (χ4n) is 2.74. The number of imidazole rings is 1. The second-order valence-electron chi connectivity index (χ2n) is 5.38. The minimum Gasteiger partial charge on any atom is -0.497 e. The van der Waals surface area contributed by atoms with Gasteiger partial charge in [-0.05, 0) is 18.2 Å². The molecule has 0 saturated heterocycles. The van der Waals surface area contributed by atoms with E-state index in [-0.39, 0.29) is 16.7 Å². The molecule has 0 aliphatic heterocycles. The molecular formula is C15H12N4O4S. The Kier molecular flexibility index (Phi) is 2.91. The van der Waals surface area contributed by atoms with Crippen molar-refractivity contribution < 1.29 is 4.74 Å². The summed E-state index contributed by atoms with van der Waals surface area (Å²) in [5.74, 6) is 0.552. The highest BCUT2D eigenvalue weighted by Crippen LogP contribution is 2.25. The maximum absolute atomic E-state index is 12.9. The quantitative estimate of drug-likeness (QED) is 0.501. The molecule has 0 unspecified atom stereocenters. The van der Waals surface area contributed by atoms with E-state index in [0.717, 1.165) is 9.27 Å². The van der Waals surface area contributed by atoms with E-state index in [2.05, 4.69) is 4.98 Å². The van der Waals surface area contributed by atoms with E-state index in [1.54, 1.807) is 18.2 Å². The van der Waals surface area contributed by atoms with Gasteiger partial charge in [0, 0.05) is 18.8 Å². The first-order valence-corrected chi connectivity index (χ1v) is 7.84. The van der Waals surface area contributed by atoms with Crippen LogP contribution in [0.4, 0.5) is 0 Å². The summed E-state index contributed by atoms with van der Waals surface area (Å²) in [5.41, 5.74) is -1.11. The molecule has 4 rings (SSSR count). The molecule has 0 fully saturated rings. The highest BCUT2D eigenvalue weighted by molar-refractivity contribution is 7.23. The molecule has 0 radical (unpaired) electrons. The SMILES string of the molecule is COc1ccc2sc3nc4c(c(=O)n(C)c(=O)n4C)n3c(=O)c2c1. The number of aromatic nitrogens is 4. The Morgan fingerprint density at radius 1 is 1.08 bits per heavy atom. The number of nitrogens with zero attached hydrogens (tertiary/aromatic N) is 4. The van der Waals surface area contributed by atoms with Crippen LogP contribution < -0.4 is 21.5 Å². The Balaban J connectivity index is 2.35. The lowest BCUT2D eigenvalue weighted by molar-refractivity contribution is 0.415. The van der Waals surface area contributed by atoms with Crippen LogP contribution in [0.2, 0.25) is 0 Å². The summed E-state index contributed by atoms with van der Waals surface area (Å²) in [6.45, 7) is 0. The molecular weight excluding hydrogens is 332 g/mol. The summed E-state index contributed by atoms with van der Waals surface area (Å²) < 4.78 is 9.39. The zero-order valence-corrected chi connectivity index (χ0v) is 13.9. The summed E-state index contributed by atoms with van der Waals surface area (Å²) in [4.78, 5) is 42.2. The third kappa shape index (κ3) is 1.72. The summed E-state index contributed by atoms with van der Waals surface area (Å²) in [6, 6.07) is 5.16. The second-order valence-corrected chi connectivity index (χ2v) is 6.39. The Morgan fingerprint density at radius 2 is 1.83 bits per heavy atom. The van der Waals surface area contributed by atoms with Gasteiger partial charge < -0.3 is 4.74 Å². The van der Waals surface area contributed by atoms with Gasteiger partial charge in [0.15, 0.2) is 16.1 Å². The smallest absolute Gasteiger partial charge is 0.332 e. The third-order valence-electron chi connectivity index (χ3n) is 4.05. The normalized spacial score (nSPS) is 11.6. The number of hydrogen-bond acceptors (Lipinski definition) is 6. The Bertz CT molecular complexity index is 1330. The van der Waals surface area contributed by atoms with Crippen molar-refractivity contribution in [3.63, 3.8) is 0 Å². The number of aryl methyl sites for hydroxylation is 1. The lowest BCUT2D eigenvalue weighted by atomic mass is 10.2. The number of hydrogen-bond donors (Lipinski definition) is 0. The number of fused-ring (bicyclic) bond motifs is 4. The Hall–Kier alpha value is -2.94. The average Bonchev–Trinajstić information content (AvgIpc) is 2.98. The molecule has 24 heavy (non-hydrogen) atoms. The van der Waals surface area contributed by atoms with E-state index in [0.29, 0.717) is 16.1 Å². The third-order valence-corrected chi connectivity index (χ3v) is 5.08. The van der Waals surface area contributed by atoms with E-state index in [4.69, 9.17) is 4.74 Å². The average molecular weight is 344 g/mol. The fraction of sp³-hybridized carbons (Fsp3) is 0.200. The molecule has 4 aromatic rings. The van der Waals surface area contributed by atoms with Crippen molar-refractivity contribution in [2.24, 2.45) is 14.1 Å². The number of rotatable bonds is 1. The van der Waals surface area contributed by atoms with Gasteiger partial charge in [-0.1, -0.05) is 11.3 Å². The van der Waals surface area contributed by atoms with Gasteiger partial charge in [-0.25, -0.2) is 9.20 Å². The van der Waals surface area contributed by atoms with Crippen LogP contribution in [0.3, 0.4) is 0 Å². The van der Waals surface area contributed by atoms with Crippen LogP contribution in [0.25, 0.3) is 26.2 Å². The fourth-order valence-corrected chi connectivity index (χ4v) is 3.73. The maximum atomic E-state index is 12.9. The van der Waals surface area contributed by atoms with Crippen LogP contribution in [-0.4, -0.2) is 25.6 Å². The molecule has 0 bridgehead atoms. The zero-order chi connectivity index (χ0) is 17.2. The molecule has 0 amide bonds. The van der Waals surface area contributed by atoms with Crippen molar-refractivity contribution in [2.45, 2.75) is 0 Å². The minimum absolute atomic E-state index is 0.0977. The largest absolute Gasteiger partial charge is 0.497 e. The second kappa shape index (κ2) is 4.78. The number of ether oxygens (including phenoxy) is 1. The number of benzene rings is 1. The molecule has 0 spiro atoms. The van der Waals surface area contributed by atoms with E-state index in [1.807, 2.05) is 0 Å². The molecule has 0 atom stereocenters. The van der Waals surface area contributed by atoms with Crippen LogP contribution in [0, 0.1) is 0 Å². The van der Waals surface area contributed by atoms with Crippen LogP contribution in [-0.2, 0) is 14.1 Å². The first-order chi connectivity index (χ1) is 11.4. The van der Waals surface area contributed by atoms with Crippen molar-refractivity contribution in [2.75, 3.05) is 7.11 Å². The standard InChI is InChI=1S/C15H12N4O4S/c1-17-11-10(13(21)18(2)15(17)22)19-12(20)8-6-7(23-3)4-5-9(8)24-14(19)16-11/h4-6H,1-3H3. The van der Waals surface area contributed by atoms with Gasteiger partial charge in [0.25, 0.3) is 11.1 Å². The van der Waals surface area contributed by atoms with Crippen LogP contribution in [0.5, 0.6) is 5.75 Å². The molecule has 0 aliphatic carbocycles. The van der Waals surface area contributed by atoms with E-state index in [1.165, 1.54) is 41.5 Å². The molecule has 0 aliphatic rings. The Labute approximate surface area is 137 Å². The van der Waals surface area contributed by atoms with Gasteiger partial charge in [-0.2, -0.15) is 4.98 Å². The van der Waals surface area contributed by atoms with Crippen molar-refractivity contribution in [1.29, 1.82) is 0 Å². The molecule has 3 heterocycles. The van der Waals surface area contributed by atoms with E-state index < -0.39 is 11.2 Å². The summed E-state index contributed by atoms with van der Waals surface area (Å²) in [5, 5.41) is 0.432. The van der Waals surface area contributed by atoms with Crippen LogP contribution >= 0.6 is 11.3 Å². The predicted octanol–water partition coefficient (Wildman–Crippen LogP) is 0.468. The predicted molar refractivity (Wildman–Crippen MR) is 91.4 cm³/mol. The summed E-state index contributed by atoms with van der Waals surface area (Å²) in [7, 11) is 4.42. The van der Waals surface area contributed by atoms with Crippen molar-refractivity contribution in [1.82, 2.24) is 18.5 Å². The monoisotopic (exact) mass is 344 g/mol. The molecule has 3 aromatic heterocycles. The van der Waals surface area contributed by atoms with Gasteiger partial charge in [-0.15, -0.1) is 0 Å². The van der Waals surface area contributed by atoms with Crippen molar-refractivity contribution in [3.8, 4) is 5.75 Å². The van der Waals surface area contributed by atoms with Crippen LogP contribution in [0.15, 0.2) is 32.6 Å². The van der Waals surface area contributed by atoms with Gasteiger partial charge >= 0.3 is 5.69 Å². The van der Waals surface area contributed by atoms with Crippen molar-refractivity contribution >= 4 is 37.5 Å². The minimum atomic E-state index is -0.549. The van der Waals surface area contributed by atoms with Gasteiger partial charge in [0.1, 0.15) is 5.75 Å².